The maximum atomic E-state index is 12.1. The van der Waals surface area contributed by atoms with E-state index in [0.717, 1.165) is 6.26 Å². The van der Waals surface area contributed by atoms with Crippen molar-refractivity contribution in [3.63, 3.8) is 0 Å². The Morgan fingerprint density at radius 1 is 1.57 bits per heavy atom. The van der Waals surface area contributed by atoms with E-state index < -0.39 is 33.8 Å². The molecule has 0 spiro atoms. The number of anilines is 1. The molecule has 3 unspecified atom stereocenters. The normalized spacial score (nSPS) is 25.3. The van der Waals surface area contributed by atoms with Crippen LogP contribution in [0.3, 0.4) is 0 Å². The van der Waals surface area contributed by atoms with Crippen molar-refractivity contribution in [1.82, 2.24) is 14.5 Å². The standard InChI is InChI=1S/C12H16N4O6S/c1-23(20,21)7-3-16(8-2-5(18)6(4-17)22-8)10-9(7)11(19)15-12(13)14-10/h3,5-6,8,17-18H,2,4H2,1H3,(H3,13,14,15,19). The molecular formula is C12H16N4O6S. The average molecular weight is 344 g/mol. The van der Waals surface area contributed by atoms with Gasteiger partial charge in [0, 0.05) is 18.9 Å². The van der Waals surface area contributed by atoms with Gasteiger partial charge in [-0.3, -0.25) is 9.78 Å². The van der Waals surface area contributed by atoms with Crippen LogP contribution in [0.5, 0.6) is 0 Å². The highest BCUT2D eigenvalue weighted by molar-refractivity contribution is 7.91. The number of nitrogens with zero attached hydrogens (tertiary/aromatic N) is 2. The lowest BCUT2D eigenvalue weighted by Crippen LogP contribution is -2.24. The van der Waals surface area contributed by atoms with Crippen LogP contribution in [0.2, 0.25) is 0 Å². The summed E-state index contributed by atoms with van der Waals surface area (Å²) < 4.78 is 30.7. The molecular weight excluding hydrogens is 328 g/mol. The number of aliphatic hydroxyl groups excluding tert-OH is 2. The summed E-state index contributed by atoms with van der Waals surface area (Å²) in [6, 6.07) is 0. The molecule has 0 bridgehead atoms. The zero-order valence-electron chi connectivity index (χ0n) is 12.1. The molecule has 0 aliphatic carbocycles. The molecule has 10 nitrogen and oxygen atoms in total. The van der Waals surface area contributed by atoms with Crippen LogP contribution in [0.4, 0.5) is 5.95 Å². The topological polar surface area (TPSA) is 161 Å². The van der Waals surface area contributed by atoms with Crippen LogP contribution in [-0.2, 0) is 14.6 Å². The molecule has 2 aromatic heterocycles. The Morgan fingerprint density at radius 2 is 2.26 bits per heavy atom. The van der Waals surface area contributed by atoms with Gasteiger partial charge in [0.05, 0.1) is 17.6 Å². The number of aromatic amines is 1. The summed E-state index contributed by atoms with van der Waals surface area (Å²) in [5.74, 6) is -0.167. The number of aromatic nitrogens is 3. The molecule has 1 aliphatic rings. The Hall–Kier alpha value is -1.95. The van der Waals surface area contributed by atoms with Gasteiger partial charge in [0.1, 0.15) is 17.7 Å². The lowest BCUT2D eigenvalue weighted by molar-refractivity contribution is -0.0431. The predicted octanol–water partition coefficient (Wildman–Crippen LogP) is -1.65. The van der Waals surface area contributed by atoms with E-state index in [1.54, 1.807) is 0 Å². The molecule has 3 atom stereocenters. The monoisotopic (exact) mass is 344 g/mol. The minimum absolute atomic E-state index is 0.0439. The number of nitrogen functional groups attached to an aromatic ring is 1. The quantitative estimate of drug-likeness (QED) is 0.515. The Balaban J connectivity index is 2.25. The summed E-state index contributed by atoms with van der Waals surface area (Å²) >= 11 is 0. The van der Waals surface area contributed by atoms with Gasteiger partial charge in [-0.15, -0.1) is 0 Å². The van der Waals surface area contributed by atoms with E-state index in [1.165, 1.54) is 10.8 Å². The molecule has 3 rings (SSSR count). The number of fused-ring (bicyclic) bond motifs is 1. The van der Waals surface area contributed by atoms with Crippen LogP contribution in [-0.4, -0.2) is 58.2 Å². The molecule has 126 valence electrons. The van der Waals surface area contributed by atoms with Gasteiger partial charge >= 0.3 is 0 Å². The van der Waals surface area contributed by atoms with Crippen molar-refractivity contribution >= 4 is 26.8 Å². The fraction of sp³-hybridized carbons (Fsp3) is 0.500. The number of sulfone groups is 1. The van der Waals surface area contributed by atoms with Crippen molar-refractivity contribution in [3.8, 4) is 0 Å². The first-order chi connectivity index (χ1) is 10.7. The molecule has 1 saturated heterocycles. The summed E-state index contributed by atoms with van der Waals surface area (Å²) in [5.41, 5.74) is 4.90. The van der Waals surface area contributed by atoms with Crippen molar-refractivity contribution < 1.29 is 23.4 Å². The minimum Gasteiger partial charge on any atom is -0.394 e. The van der Waals surface area contributed by atoms with Crippen LogP contribution in [0.15, 0.2) is 15.9 Å². The van der Waals surface area contributed by atoms with E-state index >= 15 is 0 Å². The molecule has 5 N–H and O–H groups in total. The molecule has 2 aromatic rings. The van der Waals surface area contributed by atoms with Gasteiger partial charge in [-0.25, -0.2) is 8.42 Å². The highest BCUT2D eigenvalue weighted by atomic mass is 32.2. The minimum atomic E-state index is -3.70. The molecule has 23 heavy (non-hydrogen) atoms. The second-order valence-corrected chi connectivity index (χ2v) is 7.42. The van der Waals surface area contributed by atoms with E-state index in [2.05, 4.69) is 9.97 Å². The highest BCUT2D eigenvalue weighted by Crippen LogP contribution is 2.33. The van der Waals surface area contributed by atoms with E-state index in [-0.39, 0.29) is 34.9 Å². The van der Waals surface area contributed by atoms with Crippen molar-refractivity contribution in [3.05, 3.63) is 16.6 Å². The van der Waals surface area contributed by atoms with Crippen molar-refractivity contribution in [2.24, 2.45) is 0 Å². The molecule has 0 saturated carbocycles. The van der Waals surface area contributed by atoms with Crippen LogP contribution < -0.4 is 11.3 Å². The van der Waals surface area contributed by atoms with Crippen molar-refractivity contribution in [2.45, 2.75) is 29.8 Å². The lowest BCUT2D eigenvalue weighted by Gasteiger charge is -2.14. The van der Waals surface area contributed by atoms with Crippen LogP contribution in [0.25, 0.3) is 11.0 Å². The molecule has 0 aromatic carbocycles. The maximum absolute atomic E-state index is 12.1. The Labute approximate surface area is 130 Å². The second kappa shape index (κ2) is 5.30. The predicted molar refractivity (Wildman–Crippen MR) is 79.5 cm³/mol. The number of nitrogens with two attached hydrogens (primary N) is 1. The van der Waals surface area contributed by atoms with E-state index in [4.69, 9.17) is 15.6 Å². The summed E-state index contributed by atoms with van der Waals surface area (Å²) in [4.78, 5) is 18.1. The van der Waals surface area contributed by atoms with Gasteiger partial charge in [-0.2, -0.15) is 4.98 Å². The lowest BCUT2D eigenvalue weighted by atomic mass is 10.2. The van der Waals surface area contributed by atoms with Gasteiger partial charge in [0.2, 0.25) is 5.95 Å². The average Bonchev–Trinajstić information content (AvgIpc) is 2.98. The Kier molecular flexibility index (Phi) is 3.67. The maximum Gasteiger partial charge on any atom is 0.263 e. The molecule has 1 fully saturated rings. The highest BCUT2D eigenvalue weighted by Gasteiger charge is 2.36. The number of H-pyrrole nitrogens is 1. The third-order valence-electron chi connectivity index (χ3n) is 3.76. The summed E-state index contributed by atoms with van der Waals surface area (Å²) in [5, 5.41) is 18.9. The first-order valence-electron chi connectivity index (χ1n) is 6.77. The SMILES string of the molecule is CS(=O)(=O)c1cn(C2CC(O)C(CO)O2)c2nc(N)[nH]c(=O)c12. The first-order valence-corrected chi connectivity index (χ1v) is 8.66. The largest absolute Gasteiger partial charge is 0.394 e. The second-order valence-electron chi connectivity index (χ2n) is 5.44. The van der Waals surface area contributed by atoms with Crippen molar-refractivity contribution in [2.75, 3.05) is 18.6 Å². The third kappa shape index (κ3) is 2.61. The number of aliphatic hydroxyl groups is 2. The Bertz CT molecular complexity index is 918. The fourth-order valence-corrected chi connectivity index (χ4v) is 3.55. The van der Waals surface area contributed by atoms with E-state index in [0.29, 0.717) is 0 Å². The fourth-order valence-electron chi connectivity index (χ4n) is 2.69. The Morgan fingerprint density at radius 3 is 2.83 bits per heavy atom. The molecule has 0 amide bonds. The van der Waals surface area contributed by atoms with Gasteiger partial charge < -0.3 is 25.3 Å². The summed E-state index contributed by atoms with van der Waals surface area (Å²) in [6.45, 7) is -0.383. The van der Waals surface area contributed by atoms with Gasteiger partial charge in [0.15, 0.2) is 15.5 Å². The first kappa shape index (κ1) is 15.9. The number of nitrogens with one attached hydrogen (secondary N) is 1. The smallest absolute Gasteiger partial charge is 0.263 e. The zero-order valence-corrected chi connectivity index (χ0v) is 12.9. The number of ether oxygens (including phenoxy) is 1. The van der Waals surface area contributed by atoms with E-state index in [1.807, 2.05) is 0 Å². The summed E-state index contributed by atoms with van der Waals surface area (Å²) in [6.07, 6.45) is -0.149. The van der Waals surface area contributed by atoms with Gasteiger partial charge in [-0.1, -0.05) is 0 Å². The number of hydrogen-bond donors (Lipinski definition) is 4. The van der Waals surface area contributed by atoms with Crippen LogP contribution in [0, 0.1) is 0 Å². The van der Waals surface area contributed by atoms with Crippen molar-refractivity contribution in [1.29, 1.82) is 0 Å². The summed E-state index contributed by atoms with van der Waals surface area (Å²) in [7, 11) is -3.70. The zero-order chi connectivity index (χ0) is 16.9. The van der Waals surface area contributed by atoms with Gasteiger partial charge in [-0.05, 0) is 0 Å². The third-order valence-corrected chi connectivity index (χ3v) is 4.87. The molecule has 1 aliphatic heterocycles. The molecule has 0 radical (unpaired) electrons. The number of hydrogen-bond acceptors (Lipinski definition) is 8. The molecule has 11 heteroatoms. The van der Waals surface area contributed by atoms with E-state index in [9.17, 15) is 18.3 Å². The number of rotatable bonds is 3. The van der Waals surface area contributed by atoms with Crippen LogP contribution in [0.1, 0.15) is 12.6 Å². The van der Waals surface area contributed by atoms with Crippen LogP contribution >= 0.6 is 0 Å². The van der Waals surface area contributed by atoms with Gasteiger partial charge in [0.25, 0.3) is 5.56 Å². The molecule has 3 heterocycles.